The van der Waals surface area contributed by atoms with E-state index in [1.54, 1.807) is 0 Å². The maximum Gasteiger partial charge on any atom is 0.119 e. The molecule has 0 aliphatic carbocycles. The average molecular weight is 394 g/mol. The Balaban J connectivity index is 1.65. The number of hydrogen-bond acceptors (Lipinski definition) is 5. The van der Waals surface area contributed by atoms with Gasteiger partial charge in [0.2, 0.25) is 0 Å². The minimum absolute atomic E-state index is 0.135. The molecule has 0 spiro atoms. The minimum Gasteiger partial charge on any atom is -0.491 e. The summed E-state index contributed by atoms with van der Waals surface area (Å²) in [6.07, 6.45) is 0.656. The summed E-state index contributed by atoms with van der Waals surface area (Å²) in [6.45, 7) is 16.6. The fraction of sp³-hybridized carbons (Fsp3) is 0.739. The van der Waals surface area contributed by atoms with Crippen LogP contribution in [0.4, 0.5) is 0 Å². The third-order valence-electron chi connectivity index (χ3n) is 4.99. The van der Waals surface area contributed by atoms with Crippen molar-refractivity contribution < 1.29 is 19.3 Å². The zero-order chi connectivity index (χ0) is 20.6. The van der Waals surface area contributed by atoms with E-state index >= 15 is 0 Å². The van der Waals surface area contributed by atoms with Crippen molar-refractivity contribution in [3.63, 3.8) is 0 Å². The average Bonchev–Trinajstić information content (AvgIpc) is 2.61. The van der Waals surface area contributed by atoms with E-state index in [2.05, 4.69) is 51.7 Å². The molecule has 5 heteroatoms. The molecule has 0 radical (unpaired) electrons. The van der Waals surface area contributed by atoms with Crippen molar-refractivity contribution >= 4 is 0 Å². The number of rotatable bonds is 10. The summed E-state index contributed by atoms with van der Waals surface area (Å²) in [7, 11) is 0. The van der Waals surface area contributed by atoms with Crippen LogP contribution in [0.2, 0.25) is 0 Å². The maximum atomic E-state index is 10.1. The third kappa shape index (κ3) is 8.48. The SMILES string of the molecule is CC(C)(C)CC(C)(C)c1ccc(OCCOC[C@H](O)CN2CCOCC2)cc1. The lowest BCUT2D eigenvalue weighted by Gasteiger charge is -2.33. The lowest BCUT2D eigenvalue weighted by atomic mass is 9.72. The van der Waals surface area contributed by atoms with E-state index in [1.807, 2.05) is 12.1 Å². The van der Waals surface area contributed by atoms with Gasteiger partial charge >= 0.3 is 0 Å². The normalized spacial score (nSPS) is 17.5. The summed E-state index contributed by atoms with van der Waals surface area (Å²) >= 11 is 0. The number of aliphatic hydroxyl groups is 1. The van der Waals surface area contributed by atoms with Crippen LogP contribution < -0.4 is 4.74 Å². The van der Waals surface area contributed by atoms with E-state index in [4.69, 9.17) is 14.2 Å². The second kappa shape index (κ2) is 10.6. The molecule has 0 unspecified atom stereocenters. The number of ether oxygens (including phenoxy) is 3. The Morgan fingerprint density at radius 3 is 2.29 bits per heavy atom. The lowest BCUT2D eigenvalue weighted by molar-refractivity contribution is -0.0178. The Kier molecular flexibility index (Phi) is 8.75. The van der Waals surface area contributed by atoms with Gasteiger partial charge in [0, 0.05) is 19.6 Å². The summed E-state index contributed by atoms with van der Waals surface area (Å²) < 4.78 is 16.6. The van der Waals surface area contributed by atoms with Crippen molar-refractivity contribution in [2.75, 3.05) is 52.7 Å². The molecule has 0 bridgehead atoms. The smallest absolute Gasteiger partial charge is 0.119 e. The molecule has 1 atom stereocenters. The van der Waals surface area contributed by atoms with Crippen LogP contribution in [0.15, 0.2) is 24.3 Å². The van der Waals surface area contributed by atoms with Crippen LogP contribution >= 0.6 is 0 Å². The van der Waals surface area contributed by atoms with Gasteiger partial charge in [0.15, 0.2) is 0 Å². The fourth-order valence-corrected chi connectivity index (χ4v) is 4.00. The van der Waals surface area contributed by atoms with Crippen LogP contribution in [0, 0.1) is 5.41 Å². The summed E-state index contributed by atoms with van der Waals surface area (Å²) in [6, 6.07) is 8.39. The van der Waals surface area contributed by atoms with Gasteiger partial charge in [0.1, 0.15) is 12.4 Å². The molecule has 1 saturated heterocycles. The Hall–Kier alpha value is -1.14. The first-order valence-corrected chi connectivity index (χ1v) is 10.4. The predicted molar refractivity (Wildman–Crippen MR) is 113 cm³/mol. The molecule has 1 N–H and O–H groups in total. The molecule has 1 aliphatic heterocycles. The van der Waals surface area contributed by atoms with Crippen molar-refractivity contribution in [3.8, 4) is 5.75 Å². The Bertz CT molecular complexity index is 559. The molecule has 1 fully saturated rings. The highest BCUT2D eigenvalue weighted by atomic mass is 16.5. The largest absolute Gasteiger partial charge is 0.491 e. The number of aliphatic hydroxyl groups excluding tert-OH is 1. The van der Waals surface area contributed by atoms with Crippen LogP contribution in [0.25, 0.3) is 0 Å². The van der Waals surface area contributed by atoms with Gasteiger partial charge < -0.3 is 19.3 Å². The highest BCUT2D eigenvalue weighted by Gasteiger charge is 2.27. The summed E-state index contributed by atoms with van der Waals surface area (Å²) in [5.41, 5.74) is 1.76. The minimum atomic E-state index is -0.470. The van der Waals surface area contributed by atoms with Gasteiger partial charge in [-0.1, -0.05) is 46.8 Å². The van der Waals surface area contributed by atoms with E-state index in [9.17, 15) is 5.11 Å². The molecule has 28 heavy (non-hydrogen) atoms. The zero-order valence-electron chi connectivity index (χ0n) is 18.4. The summed E-state index contributed by atoms with van der Waals surface area (Å²) in [4.78, 5) is 2.21. The van der Waals surface area contributed by atoms with Crippen molar-refractivity contribution in [3.05, 3.63) is 29.8 Å². The van der Waals surface area contributed by atoms with E-state index in [-0.39, 0.29) is 5.41 Å². The zero-order valence-corrected chi connectivity index (χ0v) is 18.4. The van der Waals surface area contributed by atoms with Gasteiger partial charge in [0.05, 0.1) is 32.5 Å². The van der Waals surface area contributed by atoms with Crippen LogP contribution in [-0.2, 0) is 14.9 Å². The van der Waals surface area contributed by atoms with Crippen LogP contribution in [0.5, 0.6) is 5.75 Å². The van der Waals surface area contributed by atoms with Crippen LogP contribution in [0.1, 0.15) is 46.6 Å². The first-order chi connectivity index (χ1) is 13.2. The van der Waals surface area contributed by atoms with E-state index in [1.165, 1.54) is 5.56 Å². The molecule has 0 saturated carbocycles. The molecular weight excluding hydrogens is 354 g/mol. The molecule has 1 aliphatic rings. The van der Waals surface area contributed by atoms with E-state index in [0.29, 0.717) is 31.8 Å². The number of hydrogen-bond donors (Lipinski definition) is 1. The monoisotopic (exact) mass is 393 g/mol. The highest BCUT2D eigenvalue weighted by molar-refractivity contribution is 5.31. The van der Waals surface area contributed by atoms with E-state index in [0.717, 1.165) is 38.5 Å². The molecule has 1 aromatic carbocycles. The van der Waals surface area contributed by atoms with Crippen molar-refractivity contribution in [2.24, 2.45) is 5.41 Å². The standard InChI is InChI=1S/C23H39NO4/c1-22(2,3)18-23(4,5)19-6-8-21(9-7-19)28-15-14-27-17-20(25)16-24-10-12-26-13-11-24/h6-9,20,25H,10-18H2,1-5H3/t20-/m1/s1. The number of benzene rings is 1. The quantitative estimate of drug-likeness (QED) is 0.617. The number of nitrogens with zero attached hydrogens (tertiary/aromatic N) is 1. The van der Waals surface area contributed by atoms with Gasteiger partial charge in [-0.3, -0.25) is 4.90 Å². The first kappa shape index (κ1) is 23.1. The maximum absolute atomic E-state index is 10.1. The number of morpholine rings is 1. The predicted octanol–water partition coefficient (Wildman–Crippen LogP) is 3.49. The molecule has 2 rings (SSSR count). The Morgan fingerprint density at radius 1 is 1.04 bits per heavy atom. The van der Waals surface area contributed by atoms with Crippen molar-refractivity contribution in [2.45, 2.75) is 52.6 Å². The number of β-amino-alcohol motifs (C(OH)–C–C–N with tert-alkyl or cyclic N) is 1. The molecule has 0 aromatic heterocycles. The van der Waals surface area contributed by atoms with Crippen molar-refractivity contribution in [1.29, 1.82) is 0 Å². The van der Waals surface area contributed by atoms with E-state index < -0.39 is 6.10 Å². The topological polar surface area (TPSA) is 51.2 Å². The van der Waals surface area contributed by atoms with Gasteiger partial charge in [-0.2, -0.15) is 0 Å². The fourth-order valence-electron chi connectivity index (χ4n) is 4.00. The Morgan fingerprint density at radius 2 is 1.68 bits per heavy atom. The molecule has 0 amide bonds. The van der Waals surface area contributed by atoms with Crippen LogP contribution in [0.3, 0.4) is 0 Å². The second-order valence-electron chi connectivity index (χ2n) is 9.64. The highest BCUT2D eigenvalue weighted by Crippen LogP contribution is 2.36. The summed E-state index contributed by atoms with van der Waals surface area (Å²) in [5.74, 6) is 0.854. The third-order valence-corrected chi connectivity index (χ3v) is 4.99. The lowest BCUT2D eigenvalue weighted by Crippen LogP contribution is -2.42. The Labute approximate surface area is 171 Å². The molecule has 160 valence electrons. The molecule has 1 aromatic rings. The molecule has 5 nitrogen and oxygen atoms in total. The summed E-state index contributed by atoms with van der Waals surface area (Å²) in [5, 5.41) is 10.1. The van der Waals surface area contributed by atoms with Crippen molar-refractivity contribution in [1.82, 2.24) is 4.90 Å². The van der Waals surface area contributed by atoms with Gasteiger partial charge in [-0.15, -0.1) is 0 Å². The molecular formula is C23H39NO4. The first-order valence-electron chi connectivity index (χ1n) is 10.4. The van der Waals surface area contributed by atoms with Gasteiger partial charge in [0.25, 0.3) is 0 Å². The molecule has 1 heterocycles. The van der Waals surface area contributed by atoms with Gasteiger partial charge in [-0.05, 0) is 34.9 Å². The van der Waals surface area contributed by atoms with Crippen LogP contribution in [-0.4, -0.2) is 68.8 Å². The van der Waals surface area contributed by atoms with Gasteiger partial charge in [-0.25, -0.2) is 0 Å². The second-order valence-corrected chi connectivity index (χ2v) is 9.64.